The molecule has 18 heavy (non-hydrogen) atoms. The fourth-order valence-electron chi connectivity index (χ4n) is 1.50. The Morgan fingerprint density at radius 3 is 2.72 bits per heavy atom. The van der Waals surface area contributed by atoms with Crippen LogP contribution in [0.1, 0.15) is 0 Å². The predicted molar refractivity (Wildman–Crippen MR) is 69.6 cm³/mol. The largest absolute Gasteiger partial charge is 0.307 e. The highest BCUT2D eigenvalue weighted by Gasteiger charge is 2.19. The molecule has 0 aliphatic rings. The van der Waals surface area contributed by atoms with Gasteiger partial charge >= 0.3 is 0 Å². The lowest BCUT2D eigenvalue weighted by molar-refractivity contribution is -0.384. The van der Waals surface area contributed by atoms with Crippen LogP contribution in [0.3, 0.4) is 0 Å². The van der Waals surface area contributed by atoms with Gasteiger partial charge in [-0.25, -0.2) is 10.8 Å². The summed E-state index contributed by atoms with van der Waals surface area (Å²) in [6, 6.07) is 4.69. The van der Waals surface area contributed by atoms with E-state index in [9.17, 15) is 10.1 Å². The molecule has 0 aliphatic heterocycles. The Hall–Kier alpha value is -2.06. The lowest BCUT2D eigenvalue weighted by Crippen LogP contribution is -2.10. The minimum atomic E-state index is -0.477. The zero-order valence-corrected chi connectivity index (χ0v) is 10.6. The van der Waals surface area contributed by atoms with Gasteiger partial charge in [-0.05, 0) is 12.1 Å². The first-order valence-electron chi connectivity index (χ1n) is 4.85. The van der Waals surface area contributed by atoms with Gasteiger partial charge in [0.25, 0.3) is 5.69 Å². The molecule has 2 aromatic rings. The normalized spacial score (nSPS) is 10.1. The molecule has 0 fully saturated rings. The van der Waals surface area contributed by atoms with Crippen LogP contribution < -0.4 is 11.3 Å². The SMILES string of the molecule is NNc1nccnc1-c1ccc(Br)cc1[N+](=O)[O-]. The Morgan fingerprint density at radius 1 is 1.33 bits per heavy atom. The summed E-state index contributed by atoms with van der Waals surface area (Å²) in [7, 11) is 0. The van der Waals surface area contributed by atoms with Crippen LogP contribution >= 0.6 is 15.9 Å². The van der Waals surface area contributed by atoms with E-state index in [2.05, 4.69) is 31.3 Å². The minimum absolute atomic E-state index is 0.0682. The molecule has 0 aliphatic carbocycles. The van der Waals surface area contributed by atoms with E-state index in [4.69, 9.17) is 5.84 Å². The Labute approximate surface area is 110 Å². The van der Waals surface area contributed by atoms with Crippen molar-refractivity contribution in [3.05, 3.63) is 45.2 Å². The number of nitrogens with zero attached hydrogens (tertiary/aromatic N) is 3. The summed E-state index contributed by atoms with van der Waals surface area (Å²) < 4.78 is 0.615. The number of nitro groups is 1. The van der Waals surface area contributed by atoms with Gasteiger partial charge in [0.1, 0.15) is 5.69 Å². The smallest absolute Gasteiger partial charge is 0.280 e. The van der Waals surface area contributed by atoms with Crippen LogP contribution in [0.2, 0.25) is 0 Å². The number of nitro benzene ring substituents is 1. The van der Waals surface area contributed by atoms with Crippen molar-refractivity contribution in [1.29, 1.82) is 0 Å². The Kier molecular flexibility index (Phi) is 3.49. The van der Waals surface area contributed by atoms with Gasteiger partial charge in [-0.15, -0.1) is 0 Å². The molecular weight excluding hydrogens is 302 g/mol. The van der Waals surface area contributed by atoms with Crippen LogP contribution in [-0.2, 0) is 0 Å². The van der Waals surface area contributed by atoms with Crippen molar-refractivity contribution in [2.75, 3.05) is 5.43 Å². The highest BCUT2D eigenvalue weighted by molar-refractivity contribution is 9.10. The molecule has 0 radical (unpaired) electrons. The molecule has 8 heteroatoms. The van der Waals surface area contributed by atoms with Crippen LogP contribution in [0, 0.1) is 10.1 Å². The quantitative estimate of drug-likeness (QED) is 0.511. The number of nitrogen functional groups attached to an aromatic ring is 1. The second kappa shape index (κ2) is 5.07. The molecule has 0 unspecified atom stereocenters. The van der Waals surface area contributed by atoms with Gasteiger partial charge in [0.05, 0.1) is 10.5 Å². The van der Waals surface area contributed by atoms with Crippen molar-refractivity contribution in [2.24, 2.45) is 5.84 Å². The van der Waals surface area contributed by atoms with E-state index in [1.54, 1.807) is 12.1 Å². The van der Waals surface area contributed by atoms with Crippen LogP contribution in [0.15, 0.2) is 35.1 Å². The first-order valence-corrected chi connectivity index (χ1v) is 5.64. The summed E-state index contributed by atoms with van der Waals surface area (Å²) in [5.41, 5.74) is 2.98. The monoisotopic (exact) mass is 309 g/mol. The molecule has 3 N–H and O–H groups in total. The van der Waals surface area contributed by atoms with Gasteiger partial charge in [-0.3, -0.25) is 15.1 Å². The van der Waals surface area contributed by atoms with Gasteiger partial charge in [0.15, 0.2) is 5.82 Å². The summed E-state index contributed by atoms with van der Waals surface area (Å²) in [6.07, 6.45) is 2.89. The van der Waals surface area contributed by atoms with Gasteiger partial charge < -0.3 is 5.43 Å². The Morgan fingerprint density at radius 2 is 2.06 bits per heavy atom. The van der Waals surface area contributed by atoms with Crippen molar-refractivity contribution in [1.82, 2.24) is 9.97 Å². The zero-order valence-electron chi connectivity index (χ0n) is 9.00. The number of nitrogens with two attached hydrogens (primary N) is 1. The van der Waals surface area contributed by atoms with Crippen LogP contribution in [-0.4, -0.2) is 14.9 Å². The van der Waals surface area contributed by atoms with Crippen LogP contribution in [0.25, 0.3) is 11.3 Å². The summed E-state index contributed by atoms with van der Waals surface area (Å²) in [6.45, 7) is 0. The topological polar surface area (TPSA) is 107 Å². The van der Waals surface area contributed by atoms with Crippen LogP contribution in [0.5, 0.6) is 0 Å². The van der Waals surface area contributed by atoms with Gasteiger partial charge in [-0.2, -0.15) is 0 Å². The summed E-state index contributed by atoms with van der Waals surface area (Å²) in [5.74, 6) is 5.59. The second-order valence-corrected chi connectivity index (χ2v) is 4.23. The van der Waals surface area contributed by atoms with E-state index in [-0.39, 0.29) is 11.5 Å². The maximum absolute atomic E-state index is 11.0. The average molecular weight is 310 g/mol. The van der Waals surface area contributed by atoms with Crippen molar-refractivity contribution < 1.29 is 4.92 Å². The maximum Gasteiger partial charge on any atom is 0.280 e. The molecule has 0 atom stereocenters. The molecule has 1 aromatic heterocycles. The molecule has 1 aromatic carbocycles. The third-order valence-electron chi connectivity index (χ3n) is 2.25. The van der Waals surface area contributed by atoms with Gasteiger partial charge in [0.2, 0.25) is 0 Å². The fourth-order valence-corrected chi connectivity index (χ4v) is 1.85. The number of hydrogen-bond donors (Lipinski definition) is 2. The second-order valence-electron chi connectivity index (χ2n) is 3.32. The number of anilines is 1. The van der Waals surface area contributed by atoms with Crippen LogP contribution in [0.4, 0.5) is 11.5 Å². The number of nitrogens with one attached hydrogen (secondary N) is 1. The Bertz CT molecular complexity index is 605. The highest BCUT2D eigenvalue weighted by Crippen LogP contribution is 2.33. The standard InChI is InChI=1S/C10H8BrN5O2/c11-6-1-2-7(8(5-6)16(17)18)9-10(15-12)14-4-3-13-9/h1-5H,12H2,(H,14,15). The minimum Gasteiger partial charge on any atom is -0.307 e. The molecule has 0 bridgehead atoms. The molecule has 7 nitrogen and oxygen atoms in total. The number of aromatic nitrogens is 2. The van der Waals surface area contributed by atoms with E-state index in [0.717, 1.165) is 0 Å². The molecule has 2 rings (SSSR count). The van der Waals surface area contributed by atoms with Crippen molar-refractivity contribution in [3.63, 3.8) is 0 Å². The van der Waals surface area contributed by atoms with Crippen molar-refractivity contribution in [2.45, 2.75) is 0 Å². The van der Waals surface area contributed by atoms with Crippen molar-refractivity contribution in [3.8, 4) is 11.3 Å². The lowest BCUT2D eigenvalue weighted by atomic mass is 10.1. The average Bonchev–Trinajstić information content (AvgIpc) is 2.38. The van der Waals surface area contributed by atoms with Gasteiger partial charge in [-0.1, -0.05) is 15.9 Å². The molecule has 1 heterocycles. The number of benzene rings is 1. The third-order valence-corrected chi connectivity index (χ3v) is 2.74. The van der Waals surface area contributed by atoms with E-state index in [1.165, 1.54) is 18.5 Å². The van der Waals surface area contributed by atoms with E-state index in [0.29, 0.717) is 15.7 Å². The zero-order chi connectivity index (χ0) is 13.1. The fraction of sp³-hybridized carbons (Fsp3) is 0. The molecule has 0 saturated carbocycles. The molecular formula is C10H8BrN5O2. The Balaban J connectivity index is 2.67. The molecule has 0 saturated heterocycles. The van der Waals surface area contributed by atoms with E-state index >= 15 is 0 Å². The first-order chi connectivity index (χ1) is 8.63. The summed E-state index contributed by atoms with van der Waals surface area (Å²) >= 11 is 3.19. The van der Waals surface area contributed by atoms with Gasteiger partial charge in [0, 0.05) is 22.9 Å². The number of rotatable bonds is 3. The third kappa shape index (κ3) is 2.29. The molecule has 0 amide bonds. The molecule has 0 spiro atoms. The number of hydrazine groups is 1. The van der Waals surface area contributed by atoms with E-state index < -0.39 is 4.92 Å². The first kappa shape index (κ1) is 12.4. The maximum atomic E-state index is 11.0. The number of hydrogen-bond acceptors (Lipinski definition) is 6. The van der Waals surface area contributed by atoms with Crippen molar-refractivity contribution >= 4 is 27.4 Å². The predicted octanol–water partition coefficient (Wildman–Crippen LogP) is 2.10. The highest BCUT2D eigenvalue weighted by atomic mass is 79.9. The number of halogens is 1. The summed E-state index contributed by atoms with van der Waals surface area (Å²) in [4.78, 5) is 18.6. The summed E-state index contributed by atoms with van der Waals surface area (Å²) in [5, 5.41) is 11.0. The molecule has 92 valence electrons. The lowest BCUT2D eigenvalue weighted by Gasteiger charge is -2.07. The van der Waals surface area contributed by atoms with E-state index in [1.807, 2.05) is 0 Å².